The molecule has 0 unspecified atom stereocenters. The summed E-state index contributed by atoms with van der Waals surface area (Å²) < 4.78 is 26.8. The van der Waals surface area contributed by atoms with Crippen molar-refractivity contribution >= 4 is 0 Å². The molecule has 3 heteroatoms. The van der Waals surface area contributed by atoms with E-state index in [1.165, 1.54) is 18.2 Å². The molecule has 0 aromatic heterocycles. The monoisotopic (exact) mass is 223 g/mol. The molecule has 0 bridgehead atoms. The molecule has 0 saturated carbocycles. The summed E-state index contributed by atoms with van der Waals surface area (Å²) in [7, 11) is 1.74. The Morgan fingerprint density at radius 2 is 1.81 bits per heavy atom. The molecule has 0 aliphatic carbocycles. The largest absolute Gasteiger partial charge is 0.286 e. The first-order valence-electron chi connectivity index (χ1n) is 5.00. The maximum absolute atomic E-state index is 13.4. The molecular formula is C13H15F2N. The number of nitrogens with zero attached hydrogens (tertiary/aromatic N) is 1. The van der Waals surface area contributed by atoms with E-state index in [9.17, 15) is 8.78 Å². The van der Waals surface area contributed by atoms with E-state index in [0.717, 1.165) is 0 Å². The standard InChI is InChI=1S/C13H15F2N/c1-5-13(2,3)16(4)9-10-11(14)7-6-8-12(10)15/h1,6-8H,9H2,2-4H3. The van der Waals surface area contributed by atoms with Crippen molar-refractivity contribution in [3.8, 4) is 12.3 Å². The van der Waals surface area contributed by atoms with Gasteiger partial charge in [-0.1, -0.05) is 12.0 Å². The highest BCUT2D eigenvalue weighted by Gasteiger charge is 2.22. The second-order valence-electron chi connectivity index (χ2n) is 4.26. The van der Waals surface area contributed by atoms with Crippen LogP contribution in [-0.2, 0) is 6.54 Å². The van der Waals surface area contributed by atoms with Gasteiger partial charge in [0.25, 0.3) is 0 Å². The van der Waals surface area contributed by atoms with Gasteiger partial charge in [-0.15, -0.1) is 6.42 Å². The van der Waals surface area contributed by atoms with E-state index >= 15 is 0 Å². The summed E-state index contributed by atoms with van der Waals surface area (Å²) in [6.07, 6.45) is 5.36. The Hall–Kier alpha value is -1.40. The van der Waals surface area contributed by atoms with Crippen molar-refractivity contribution in [2.45, 2.75) is 25.9 Å². The minimum absolute atomic E-state index is 0.0494. The maximum atomic E-state index is 13.4. The van der Waals surface area contributed by atoms with Crippen molar-refractivity contribution in [1.82, 2.24) is 4.90 Å². The van der Waals surface area contributed by atoms with Crippen LogP contribution in [0.3, 0.4) is 0 Å². The van der Waals surface area contributed by atoms with Gasteiger partial charge in [-0.25, -0.2) is 8.78 Å². The quantitative estimate of drug-likeness (QED) is 0.712. The van der Waals surface area contributed by atoms with E-state index in [1.807, 2.05) is 13.8 Å². The van der Waals surface area contributed by atoms with Gasteiger partial charge in [-0.05, 0) is 33.0 Å². The van der Waals surface area contributed by atoms with Crippen molar-refractivity contribution in [3.05, 3.63) is 35.4 Å². The number of terminal acetylenes is 1. The lowest BCUT2D eigenvalue weighted by molar-refractivity contribution is 0.200. The molecule has 1 rings (SSSR count). The number of hydrogen-bond acceptors (Lipinski definition) is 1. The third-order valence-electron chi connectivity index (χ3n) is 2.76. The molecule has 0 amide bonds. The summed E-state index contributed by atoms with van der Waals surface area (Å²) in [6, 6.07) is 3.84. The lowest BCUT2D eigenvalue weighted by atomic mass is 10.0. The van der Waals surface area contributed by atoms with Crippen LogP contribution in [0.1, 0.15) is 19.4 Å². The van der Waals surface area contributed by atoms with Crippen molar-refractivity contribution < 1.29 is 8.78 Å². The zero-order valence-electron chi connectivity index (χ0n) is 9.72. The van der Waals surface area contributed by atoms with Crippen LogP contribution in [0, 0.1) is 24.0 Å². The van der Waals surface area contributed by atoms with Gasteiger partial charge in [0.05, 0.1) is 5.54 Å². The molecule has 0 atom stereocenters. The third kappa shape index (κ3) is 2.59. The number of rotatable bonds is 3. The van der Waals surface area contributed by atoms with Gasteiger partial charge < -0.3 is 0 Å². The Kier molecular flexibility index (Phi) is 3.66. The molecule has 16 heavy (non-hydrogen) atoms. The third-order valence-corrected chi connectivity index (χ3v) is 2.76. The van der Waals surface area contributed by atoms with E-state index in [2.05, 4.69) is 5.92 Å². The second kappa shape index (κ2) is 4.63. The highest BCUT2D eigenvalue weighted by Crippen LogP contribution is 2.19. The van der Waals surface area contributed by atoms with Crippen LogP contribution in [0.25, 0.3) is 0 Å². The second-order valence-corrected chi connectivity index (χ2v) is 4.26. The van der Waals surface area contributed by atoms with Crippen LogP contribution in [0.2, 0.25) is 0 Å². The average molecular weight is 223 g/mol. The predicted octanol–water partition coefficient (Wildman–Crippen LogP) is 2.81. The Morgan fingerprint density at radius 3 is 2.25 bits per heavy atom. The molecule has 1 nitrogen and oxygen atoms in total. The predicted molar refractivity (Wildman–Crippen MR) is 60.7 cm³/mol. The van der Waals surface area contributed by atoms with Crippen molar-refractivity contribution in [2.75, 3.05) is 7.05 Å². The fourth-order valence-corrected chi connectivity index (χ4v) is 1.23. The lowest BCUT2D eigenvalue weighted by Crippen LogP contribution is -2.39. The van der Waals surface area contributed by atoms with Crippen LogP contribution in [0.15, 0.2) is 18.2 Å². The van der Waals surface area contributed by atoms with E-state index in [1.54, 1.807) is 11.9 Å². The molecule has 0 radical (unpaired) electrons. The molecule has 0 heterocycles. The Bertz CT molecular complexity index is 398. The SMILES string of the molecule is C#CC(C)(C)N(C)Cc1c(F)cccc1F. The molecule has 0 saturated heterocycles. The van der Waals surface area contributed by atoms with E-state index in [0.29, 0.717) is 0 Å². The molecule has 0 N–H and O–H groups in total. The highest BCUT2D eigenvalue weighted by molar-refractivity contribution is 5.20. The first kappa shape index (κ1) is 12.7. The molecular weight excluding hydrogens is 208 g/mol. The fourth-order valence-electron chi connectivity index (χ4n) is 1.23. The van der Waals surface area contributed by atoms with Gasteiger partial charge in [0.2, 0.25) is 0 Å². The molecule has 1 aromatic carbocycles. The summed E-state index contributed by atoms with van der Waals surface area (Å²) >= 11 is 0. The van der Waals surface area contributed by atoms with Crippen molar-refractivity contribution in [3.63, 3.8) is 0 Å². The van der Waals surface area contributed by atoms with Crippen LogP contribution in [0.5, 0.6) is 0 Å². The number of halogens is 2. The van der Waals surface area contributed by atoms with E-state index in [-0.39, 0.29) is 12.1 Å². The number of benzene rings is 1. The Morgan fingerprint density at radius 1 is 1.31 bits per heavy atom. The van der Waals surface area contributed by atoms with Gasteiger partial charge in [0, 0.05) is 12.1 Å². The number of hydrogen-bond donors (Lipinski definition) is 0. The van der Waals surface area contributed by atoms with Crippen molar-refractivity contribution in [2.24, 2.45) is 0 Å². The van der Waals surface area contributed by atoms with Gasteiger partial charge >= 0.3 is 0 Å². The summed E-state index contributed by atoms with van der Waals surface area (Å²) in [5, 5.41) is 0. The van der Waals surface area contributed by atoms with Crippen LogP contribution in [0.4, 0.5) is 8.78 Å². The topological polar surface area (TPSA) is 3.24 Å². The fraction of sp³-hybridized carbons (Fsp3) is 0.385. The first-order valence-corrected chi connectivity index (χ1v) is 5.00. The van der Waals surface area contributed by atoms with Gasteiger partial charge in [-0.3, -0.25) is 4.90 Å². The molecule has 0 spiro atoms. The molecule has 0 aliphatic rings. The summed E-state index contributed by atoms with van der Waals surface area (Å²) in [5.41, 5.74) is -0.484. The summed E-state index contributed by atoms with van der Waals surface area (Å²) in [5.74, 6) is 1.50. The highest BCUT2D eigenvalue weighted by atomic mass is 19.1. The Labute approximate surface area is 95.1 Å². The Balaban J connectivity index is 2.94. The molecule has 1 aromatic rings. The van der Waals surface area contributed by atoms with Crippen LogP contribution >= 0.6 is 0 Å². The van der Waals surface area contributed by atoms with E-state index in [4.69, 9.17) is 6.42 Å². The molecule has 86 valence electrons. The first-order chi connectivity index (χ1) is 7.38. The molecule has 0 aliphatic heterocycles. The minimum Gasteiger partial charge on any atom is -0.286 e. The minimum atomic E-state index is -0.542. The van der Waals surface area contributed by atoms with Crippen LogP contribution in [-0.4, -0.2) is 17.5 Å². The lowest BCUT2D eigenvalue weighted by Gasteiger charge is -2.30. The normalized spacial score (nSPS) is 11.6. The smallest absolute Gasteiger partial charge is 0.130 e. The molecule has 0 fully saturated rings. The zero-order valence-corrected chi connectivity index (χ0v) is 9.72. The van der Waals surface area contributed by atoms with E-state index < -0.39 is 17.2 Å². The zero-order chi connectivity index (χ0) is 12.3. The maximum Gasteiger partial charge on any atom is 0.130 e. The van der Waals surface area contributed by atoms with Crippen molar-refractivity contribution in [1.29, 1.82) is 0 Å². The van der Waals surface area contributed by atoms with Crippen LogP contribution < -0.4 is 0 Å². The van der Waals surface area contributed by atoms with Gasteiger partial charge in [0.1, 0.15) is 11.6 Å². The summed E-state index contributed by atoms with van der Waals surface area (Å²) in [6.45, 7) is 3.80. The summed E-state index contributed by atoms with van der Waals surface area (Å²) in [4.78, 5) is 1.73. The van der Waals surface area contributed by atoms with Gasteiger partial charge in [-0.2, -0.15) is 0 Å². The average Bonchev–Trinajstić information content (AvgIpc) is 2.23. The van der Waals surface area contributed by atoms with Gasteiger partial charge in [0.15, 0.2) is 0 Å².